The summed E-state index contributed by atoms with van der Waals surface area (Å²) in [6, 6.07) is 12.6. The Balaban J connectivity index is 1.51. The van der Waals surface area contributed by atoms with E-state index in [9.17, 15) is 13.9 Å². The molecule has 2 aromatic carbocycles. The van der Waals surface area contributed by atoms with Gasteiger partial charge in [0.05, 0.1) is 23.8 Å². The van der Waals surface area contributed by atoms with Crippen LogP contribution in [0.4, 0.5) is 8.78 Å². The molecule has 3 atom stereocenters. The summed E-state index contributed by atoms with van der Waals surface area (Å²) in [6.07, 6.45) is 6.30. The molecule has 1 aromatic heterocycles. The fourth-order valence-electron chi connectivity index (χ4n) is 5.23. The normalized spacial score (nSPS) is 24.0. The molecule has 2 heterocycles. The van der Waals surface area contributed by atoms with Gasteiger partial charge in [0.2, 0.25) is 0 Å². The zero-order valence-electron chi connectivity index (χ0n) is 16.9. The van der Waals surface area contributed by atoms with Crippen LogP contribution in [0.25, 0.3) is 17.3 Å². The van der Waals surface area contributed by atoms with Crippen molar-refractivity contribution in [2.45, 2.75) is 38.8 Å². The van der Waals surface area contributed by atoms with Crippen molar-refractivity contribution in [3.05, 3.63) is 83.3 Å². The van der Waals surface area contributed by atoms with Crippen molar-refractivity contribution in [1.82, 2.24) is 9.55 Å². The van der Waals surface area contributed by atoms with E-state index in [-0.39, 0.29) is 23.0 Å². The quantitative estimate of drug-likeness (QED) is 0.600. The Bertz CT molecular complexity index is 1100. The van der Waals surface area contributed by atoms with Crippen LogP contribution in [0.2, 0.25) is 0 Å². The molecule has 1 fully saturated rings. The van der Waals surface area contributed by atoms with Gasteiger partial charge in [-0.2, -0.15) is 0 Å². The molecule has 0 amide bonds. The first-order valence-electron chi connectivity index (χ1n) is 10.4. The molecule has 1 N–H and O–H groups in total. The first-order valence-corrected chi connectivity index (χ1v) is 10.4. The van der Waals surface area contributed by atoms with E-state index in [1.807, 2.05) is 6.33 Å². The average Bonchev–Trinajstić information content (AvgIpc) is 3.14. The molecule has 5 heteroatoms. The highest BCUT2D eigenvalue weighted by Gasteiger charge is 2.46. The average molecular weight is 406 g/mol. The third kappa shape index (κ3) is 3.08. The number of aromatic nitrogens is 2. The van der Waals surface area contributed by atoms with Gasteiger partial charge >= 0.3 is 0 Å². The smallest absolute Gasteiger partial charge is 0.123 e. The number of imidazole rings is 1. The van der Waals surface area contributed by atoms with E-state index in [0.29, 0.717) is 0 Å². The Morgan fingerprint density at radius 3 is 2.43 bits per heavy atom. The molecule has 0 radical (unpaired) electrons. The van der Waals surface area contributed by atoms with Crippen molar-refractivity contribution < 1.29 is 13.9 Å². The van der Waals surface area contributed by atoms with Crippen LogP contribution in [0.1, 0.15) is 43.5 Å². The maximum absolute atomic E-state index is 13.3. The van der Waals surface area contributed by atoms with Gasteiger partial charge in [0.1, 0.15) is 11.6 Å². The number of halogens is 2. The molecule has 5 rings (SSSR count). The third-order valence-corrected chi connectivity index (χ3v) is 6.91. The van der Waals surface area contributed by atoms with Crippen molar-refractivity contribution in [1.29, 1.82) is 0 Å². The predicted octanol–water partition coefficient (Wildman–Crippen LogP) is 5.77. The highest BCUT2D eigenvalue weighted by atomic mass is 19.1. The van der Waals surface area contributed by atoms with Crippen LogP contribution in [0.3, 0.4) is 0 Å². The zero-order valence-corrected chi connectivity index (χ0v) is 16.9. The molecule has 0 bridgehead atoms. The summed E-state index contributed by atoms with van der Waals surface area (Å²) in [5, 5.41) is 11.2. The van der Waals surface area contributed by atoms with Crippen LogP contribution in [0.15, 0.2) is 60.4 Å². The second-order valence-electron chi connectivity index (χ2n) is 8.70. The van der Waals surface area contributed by atoms with Crippen molar-refractivity contribution in [3.63, 3.8) is 0 Å². The van der Waals surface area contributed by atoms with Gasteiger partial charge in [-0.1, -0.05) is 24.6 Å². The number of fused-ring (bicyclic) bond motifs is 2. The molecule has 0 spiro atoms. The SMILES string of the molecule is C[C@]12Cn3cnc(-c4ccc(F)cc4)c3C=C1CCC[C@@H]2[C@H](O)c1ccc(F)cc1. The zero-order chi connectivity index (χ0) is 20.9. The summed E-state index contributed by atoms with van der Waals surface area (Å²) in [4.78, 5) is 4.62. The summed E-state index contributed by atoms with van der Waals surface area (Å²) >= 11 is 0. The summed E-state index contributed by atoms with van der Waals surface area (Å²) in [5.41, 5.74) is 4.64. The lowest BCUT2D eigenvalue weighted by Gasteiger charge is -2.48. The summed E-state index contributed by atoms with van der Waals surface area (Å²) in [5.74, 6) is -0.522. The Morgan fingerprint density at radius 1 is 1.07 bits per heavy atom. The van der Waals surface area contributed by atoms with E-state index in [1.54, 1.807) is 24.3 Å². The van der Waals surface area contributed by atoms with Gasteiger partial charge in [-0.25, -0.2) is 13.8 Å². The molecular formula is C25H24F2N2O. The number of hydrogen-bond donors (Lipinski definition) is 1. The van der Waals surface area contributed by atoms with Gasteiger partial charge in [0, 0.05) is 17.5 Å². The molecule has 30 heavy (non-hydrogen) atoms. The third-order valence-electron chi connectivity index (χ3n) is 6.91. The van der Waals surface area contributed by atoms with E-state index in [1.165, 1.54) is 29.8 Å². The molecule has 0 unspecified atom stereocenters. The summed E-state index contributed by atoms with van der Waals surface area (Å²) in [7, 11) is 0. The van der Waals surface area contributed by atoms with Gasteiger partial charge in [-0.15, -0.1) is 0 Å². The Kier molecular flexibility index (Phi) is 4.58. The highest BCUT2D eigenvalue weighted by Crippen LogP contribution is 2.53. The number of nitrogens with zero attached hydrogens (tertiary/aromatic N) is 2. The maximum Gasteiger partial charge on any atom is 0.123 e. The minimum Gasteiger partial charge on any atom is -0.388 e. The first-order chi connectivity index (χ1) is 14.5. The molecule has 154 valence electrons. The number of hydrogen-bond acceptors (Lipinski definition) is 2. The van der Waals surface area contributed by atoms with Crippen molar-refractivity contribution in [3.8, 4) is 11.3 Å². The summed E-state index contributed by atoms with van der Waals surface area (Å²) < 4.78 is 28.8. The lowest BCUT2D eigenvalue weighted by molar-refractivity contribution is 0.0123. The number of rotatable bonds is 3. The largest absolute Gasteiger partial charge is 0.388 e. The minimum atomic E-state index is -0.652. The van der Waals surface area contributed by atoms with Gasteiger partial charge in [0.25, 0.3) is 0 Å². The van der Waals surface area contributed by atoms with Crippen LogP contribution in [-0.2, 0) is 6.54 Å². The molecule has 1 aliphatic carbocycles. The number of aliphatic hydroxyl groups is 1. The van der Waals surface area contributed by atoms with Crippen LogP contribution in [0, 0.1) is 23.0 Å². The Morgan fingerprint density at radius 2 is 1.73 bits per heavy atom. The molecule has 2 aliphatic rings. The first kappa shape index (κ1) is 19.2. The van der Waals surface area contributed by atoms with E-state index in [4.69, 9.17) is 0 Å². The topological polar surface area (TPSA) is 38.0 Å². The van der Waals surface area contributed by atoms with Gasteiger partial charge < -0.3 is 9.67 Å². The predicted molar refractivity (Wildman–Crippen MR) is 112 cm³/mol. The van der Waals surface area contributed by atoms with E-state index < -0.39 is 6.10 Å². The lowest BCUT2D eigenvalue weighted by Crippen LogP contribution is -2.42. The van der Waals surface area contributed by atoms with Crippen LogP contribution in [-0.4, -0.2) is 14.7 Å². The molecule has 1 saturated carbocycles. The van der Waals surface area contributed by atoms with Crippen LogP contribution >= 0.6 is 0 Å². The molecular weight excluding hydrogens is 382 g/mol. The number of benzene rings is 2. The fraction of sp³-hybridized carbons (Fsp3) is 0.320. The standard InChI is InChI=1S/C25H24F2N2O/c1-25-14-29-15-28-23(16-5-9-19(26)10-6-16)22(29)13-18(25)3-2-4-21(25)24(30)17-7-11-20(27)12-8-17/h5-13,15,21,24,30H,2-4,14H2,1H3/t21-,24-,25+/m1/s1. The minimum absolute atomic E-state index is 0.0350. The molecule has 0 saturated heterocycles. The summed E-state index contributed by atoms with van der Waals surface area (Å²) in [6.45, 7) is 2.95. The van der Waals surface area contributed by atoms with Crippen LogP contribution < -0.4 is 0 Å². The van der Waals surface area contributed by atoms with E-state index >= 15 is 0 Å². The van der Waals surface area contributed by atoms with Crippen LogP contribution in [0.5, 0.6) is 0 Å². The second-order valence-corrected chi connectivity index (χ2v) is 8.70. The number of allylic oxidation sites excluding steroid dienone is 1. The molecule has 1 aliphatic heterocycles. The van der Waals surface area contributed by atoms with E-state index in [0.717, 1.165) is 48.3 Å². The maximum atomic E-state index is 13.3. The fourth-order valence-corrected chi connectivity index (χ4v) is 5.23. The lowest BCUT2D eigenvalue weighted by atomic mass is 9.60. The van der Waals surface area contributed by atoms with Gasteiger partial charge in [0.15, 0.2) is 0 Å². The second kappa shape index (κ2) is 7.17. The van der Waals surface area contributed by atoms with Crippen molar-refractivity contribution >= 4 is 6.08 Å². The van der Waals surface area contributed by atoms with E-state index in [2.05, 4.69) is 22.6 Å². The molecule has 3 nitrogen and oxygen atoms in total. The Labute approximate surface area is 174 Å². The van der Waals surface area contributed by atoms with Gasteiger partial charge in [-0.05, 0) is 73.2 Å². The Hall–Kier alpha value is -2.79. The van der Waals surface area contributed by atoms with Crippen molar-refractivity contribution in [2.75, 3.05) is 0 Å². The van der Waals surface area contributed by atoms with Gasteiger partial charge in [-0.3, -0.25) is 0 Å². The highest BCUT2D eigenvalue weighted by molar-refractivity contribution is 5.72. The monoisotopic (exact) mass is 406 g/mol. The van der Waals surface area contributed by atoms with Crippen molar-refractivity contribution in [2.24, 2.45) is 11.3 Å². The molecule has 3 aromatic rings. The number of aliphatic hydroxyl groups excluding tert-OH is 1.